The van der Waals surface area contributed by atoms with Crippen LogP contribution in [0.25, 0.3) is 0 Å². The van der Waals surface area contributed by atoms with Crippen LogP contribution in [-0.2, 0) is 6.54 Å². The lowest BCUT2D eigenvalue weighted by molar-refractivity contribution is 0.192. The maximum Gasteiger partial charge on any atom is 0.161 e. The van der Waals surface area contributed by atoms with E-state index in [1.807, 2.05) is 6.07 Å². The standard InChI is InChI=1S/C16H26N2O2/c1-18(14-6-4-5-13(14)10-17)11-12-7-8-15(19-2)16(9-12)20-3/h7-9,13-14H,4-6,10-11,17H2,1-3H3. The van der Waals surface area contributed by atoms with Crippen molar-refractivity contribution in [1.82, 2.24) is 4.90 Å². The number of hydrogen-bond donors (Lipinski definition) is 1. The number of ether oxygens (including phenoxy) is 2. The van der Waals surface area contributed by atoms with Crippen LogP contribution in [0.2, 0.25) is 0 Å². The van der Waals surface area contributed by atoms with Gasteiger partial charge in [-0.2, -0.15) is 0 Å². The molecule has 2 atom stereocenters. The van der Waals surface area contributed by atoms with Crippen LogP contribution < -0.4 is 15.2 Å². The molecule has 1 aliphatic rings. The van der Waals surface area contributed by atoms with Gasteiger partial charge >= 0.3 is 0 Å². The molecule has 1 saturated carbocycles. The lowest BCUT2D eigenvalue weighted by atomic mass is 10.0. The zero-order valence-electron chi connectivity index (χ0n) is 12.8. The van der Waals surface area contributed by atoms with E-state index < -0.39 is 0 Å². The zero-order valence-corrected chi connectivity index (χ0v) is 12.8. The molecule has 2 unspecified atom stereocenters. The Morgan fingerprint density at radius 2 is 1.95 bits per heavy atom. The summed E-state index contributed by atoms with van der Waals surface area (Å²) in [5, 5.41) is 0. The molecular formula is C16H26N2O2. The van der Waals surface area contributed by atoms with E-state index in [1.165, 1.54) is 24.8 Å². The summed E-state index contributed by atoms with van der Waals surface area (Å²) in [6.45, 7) is 1.71. The number of nitrogens with zero attached hydrogens (tertiary/aromatic N) is 1. The molecule has 2 N–H and O–H groups in total. The van der Waals surface area contributed by atoms with Gasteiger partial charge in [0.15, 0.2) is 11.5 Å². The Morgan fingerprint density at radius 3 is 2.60 bits per heavy atom. The van der Waals surface area contributed by atoms with Gasteiger partial charge in [-0.1, -0.05) is 12.5 Å². The van der Waals surface area contributed by atoms with Crippen molar-refractivity contribution in [2.24, 2.45) is 11.7 Å². The van der Waals surface area contributed by atoms with Crippen molar-refractivity contribution in [3.05, 3.63) is 23.8 Å². The Kier molecular flexibility index (Phi) is 5.26. The third-order valence-corrected chi connectivity index (χ3v) is 4.37. The number of nitrogens with two attached hydrogens (primary N) is 1. The maximum absolute atomic E-state index is 5.88. The van der Waals surface area contributed by atoms with E-state index in [9.17, 15) is 0 Å². The Labute approximate surface area is 121 Å². The Balaban J connectivity index is 2.05. The first-order chi connectivity index (χ1) is 9.69. The van der Waals surface area contributed by atoms with Crippen molar-refractivity contribution < 1.29 is 9.47 Å². The quantitative estimate of drug-likeness (QED) is 0.867. The van der Waals surface area contributed by atoms with E-state index in [0.717, 1.165) is 24.6 Å². The van der Waals surface area contributed by atoms with Gasteiger partial charge in [-0.05, 0) is 50.0 Å². The fraction of sp³-hybridized carbons (Fsp3) is 0.625. The molecule has 0 radical (unpaired) electrons. The summed E-state index contributed by atoms with van der Waals surface area (Å²) in [7, 11) is 5.52. The zero-order chi connectivity index (χ0) is 14.5. The molecule has 112 valence electrons. The molecule has 4 nitrogen and oxygen atoms in total. The van der Waals surface area contributed by atoms with Crippen molar-refractivity contribution in [2.75, 3.05) is 27.8 Å². The lowest BCUT2D eigenvalue weighted by Crippen LogP contribution is -2.37. The highest BCUT2D eigenvalue weighted by molar-refractivity contribution is 5.42. The van der Waals surface area contributed by atoms with Crippen molar-refractivity contribution in [1.29, 1.82) is 0 Å². The second-order valence-corrected chi connectivity index (χ2v) is 5.60. The minimum Gasteiger partial charge on any atom is -0.493 e. The van der Waals surface area contributed by atoms with Gasteiger partial charge in [0.2, 0.25) is 0 Å². The number of benzene rings is 1. The number of methoxy groups -OCH3 is 2. The highest BCUT2D eigenvalue weighted by Gasteiger charge is 2.29. The van der Waals surface area contributed by atoms with Crippen LogP contribution in [0.5, 0.6) is 11.5 Å². The lowest BCUT2D eigenvalue weighted by Gasteiger charge is -2.29. The van der Waals surface area contributed by atoms with Gasteiger partial charge in [0.1, 0.15) is 0 Å². The van der Waals surface area contributed by atoms with E-state index in [-0.39, 0.29) is 0 Å². The summed E-state index contributed by atoms with van der Waals surface area (Å²) < 4.78 is 10.6. The molecule has 1 aliphatic carbocycles. The monoisotopic (exact) mass is 278 g/mol. The highest BCUT2D eigenvalue weighted by Crippen LogP contribution is 2.31. The Bertz CT molecular complexity index is 436. The smallest absolute Gasteiger partial charge is 0.161 e. The molecule has 1 aromatic rings. The molecule has 0 aliphatic heterocycles. The largest absolute Gasteiger partial charge is 0.493 e. The summed E-state index contributed by atoms with van der Waals surface area (Å²) in [5.74, 6) is 2.21. The van der Waals surface area contributed by atoms with Crippen LogP contribution >= 0.6 is 0 Å². The molecule has 2 rings (SSSR count). The van der Waals surface area contributed by atoms with Gasteiger partial charge in [0.25, 0.3) is 0 Å². The Hall–Kier alpha value is -1.26. The van der Waals surface area contributed by atoms with Crippen LogP contribution in [0.4, 0.5) is 0 Å². The SMILES string of the molecule is COc1ccc(CN(C)C2CCCC2CN)cc1OC. The fourth-order valence-electron chi connectivity index (χ4n) is 3.26. The third kappa shape index (κ3) is 3.25. The molecule has 0 saturated heterocycles. The number of hydrogen-bond acceptors (Lipinski definition) is 4. The Morgan fingerprint density at radius 1 is 1.20 bits per heavy atom. The van der Waals surface area contributed by atoms with Crippen LogP contribution in [0.1, 0.15) is 24.8 Å². The van der Waals surface area contributed by atoms with E-state index in [2.05, 4.69) is 24.1 Å². The molecule has 4 heteroatoms. The van der Waals surface area contributed by atoms with Crippen molar-refractivity contribution in [3.63, 3.8) is 0 Å². The van der Waals surface area contributed by atoms with Crippen LogP contribution in [0.3, 0.4) is 0 Å². The first-order valence-corrected chi connectivity index (χ1v) is 7.30. The molecule has 20 heavy (non-hydrogen) atoms. The molecule has 0 aromatic heterocycles. The van der Waals surface area contributed by atoms with Crippen LogP contribution in [-0.4, -0.2) is 38.8 Å². The van der Waals surface area contributed by atoms with Gasteiger partial charge in [-0.3, -0.25) is 4.90 Å². The van der Waals surface area contributed by atoms with Crippen molar-refractivity contribution >= 4 is 0 Å². The van der Waals surface area contributed by atoms with E-state index >= 15 is 0 Å². The summed E-state index contributed by atoms with van der Waals surface area (Å²) in [4.78, 5) is 2.42. The molecule has 1 fully saturated rings. The molecule has 0 heterocycles. The molecule has 0 amide bonds. The molecule has 0 bridgehead atoms. The average molecular weight is 278 g/mol. The van der Waals surface area contributed by atoms with Gasteiger partial charge < -0.3 is 15.2 Å². The van der Waals surface area contributed by atoms with E-state index in [4.69, 9.17) is 15.2 Å². The van der Waals surface area contributed by atoms with E-state index in [1.54, 1.807) is 14.2 Å². The van der Waals surface area contributed by atoms with Crippen molar-refractivity contribution in [2.45, 2.75) is 31.8 Å². The molecule has 1 aromatic carbocycles. The second-order valence-electron chi connectivity index (χ2n) is 5.60. The van der Waals surface area contributed by atoms with Gasteiger partial charge in [-0.15, -0.1) is 0 Å². The van der Waals surface area contributed by atoms with Crippen LogP contribution in [0, 0.1) is 5.92 Å². The summed E-state index contributed by atoms with van der Waals surface area (Å²) in [6.07, 6.45) is 3.81. The predicted octanol–water partition coefficient (Wildman–Crippen LogP) is 2.26. The van der Waals surface area contributed by atoms with Gasteiger partial charge in [0, 0.05) is 12.6 Å². The summed E-state index contributed by atoms with van der Waals surface area (Å²) in [6, 6.07) is 6.73. The maximum atomic E-state index is 5.88. The summed E-state index contributed by atoms with van der Waals surface area (Å²) >= 11 is 0. The average Bonchev–Trinajstić information content (AvgIpc) is 2.95. The van der Waals surface area contributed by atoms with Crippen molar-refractivity contribution in [3.8, 4) is 11.5 Å². The first-order valence-electron chi connectivity index (χ1n) is 7.30. The minimum atomic E-state index is 0.605. The normalized spacial score (nSPS) is 22.2. The minimum absolute atomic E-state index is 0.605. The highest BCUT2D eigenvalue weighted by atomic mass is 16.5. The molecular weight excluding hydrogens is 252 g/mol. The van der Waals surface area contributed by atoms with Gasteiger partial charge in [0.05, 0.1) is 14.2 Å². The fourth-order valence-corrected chi connectivity index (χ4v) is 3.26. The van der Waals surface area contributed by atoms with E-state index in [0.29, 0.717) is 12.0 Å². The number of rotatable bonds is 6. The predicted molar refractivity (Wildman–Crippen MR) is 81.2 cm³/mol. The third-order valence-electron chi connectivity index (χ3n) is 4.37. The summed E-state index contributed by atoms with van der Waals surface area (Å²) in [5.41, 5.74) is 7.12. The van der Waals surface area contributed by atoms with Gasteiger partial charge in [-0.25, -0.2) is 0 Å². The first kappa shape index (κ1) is 15.1. The molecule has 0 spiro atoms. The topological polar surface area (TPSA) is 47.7 Å². The van der Waals surface area contributed by atoms with Crippen LogP contribution in [0.15, 0.2) is 18.2 Å². The second kappa shape index (κ2) is 6.95.